The first kappa shape index (κ1) is 57.2. The lowest BCUT2D eigenvalue weighted by Gasteiger charge is -2.38. The number of ketones is 2. The summed E-state index contributed by atoms with van der Waals surface area (Å²) in [5.41, 5.74) is 0.951. The topological polar surface area (TPSA) is 231 Å². The van der Waals surface area contributed by atoms with E-state index in [1.165, 1.54) is 13.2 Å². The molecule has 1 amide bonds. The summed E-state index contributed by atoms with van der Waals surface area (Å²) in [5.74, 6) is -6.52. The highest BCUT2D eigenvalue weighted by Crippen LogP contribution is 2.50. The summed E-state index contributed by atoms with van der Waals surface area (Å²) in [5, 5.41) is 39.7. The number of piperidine rings is 1. The number of hydrogen-bond acceptors (Lipinski definition) is 15. The highest BCUT2D eigenvalue weighted by Gasteiger charge is 2.50. The smallest absolute Gasteiger partial charge is 0.312 e. The third kappa shape index (κ3) is 11.9. The number of fused-ring (bicyclic) bond motifs is 13. The van der Waals surface area contributed by atoms with E-state index < -0.39 is 64.8 Å². The number of esters is 1. The van der Waals surface area contributed by atoms with Gasteiger partial charge in [0, 0.05) is 80.6 Å². The fraction of sp³-hybridized carbons (Fsp3) is 0.533. The van der Waals surface area contributed by atoms with Gasteiger partial charge in [-0.05, 0) is 67.1 Å². The number of hydrogen-bond donors (Lipinski definition) is 4. The summed E-state index contributed by atoms with van der Waals surface area (Å²) >= 11 is 0. The van der Waals surface area contributed by atoms with Crippen molar-refractivity contribution < 1.29 is 58.3 Å². The molecular formula is C60H76N4O12. The molecule has 3 aromatic carbocycles. The normalized spacial score (nSPS) is 28.4. The summed E-state index contributed by atoms with van der Waals surface area (Å²) in [6.45, 7) is 23.1. The van der Waals surface area contributed by atoms with E-state index in [1.54, 1.807) is 56.3 Å². The zero-order valence-electron chi connectivity index (χ0n) is 45.8. The second kappa shape index (κ2) is 23.4. The van der Waals surface area contributed by atoms with Gasteiger partial charge in [-0.1, -0.05) is 97.9 Å². The number of nitrogens with zero attached hydrogens (tertiary/aromatic N) is 3. The first-order chi connectivity index (χ1) is 35.9. The van der Waals surface area contributed by atoms with Crippen molar-refractivity contribution in [3.05, 3.63) is 93.4 Å². The molecule has 16 nitrogen and oxygen atoms in total. The van der Waals surface area contributed by atoms with Crippen LogP contribution in [-0.4, -0.2) is 99.5 Å². The van der Waals surface area contributed by atoms with Gasteiger partial charge in [-0.3, -0.25) is 29.2 Å². The Labute approximate surface area is 445 Å². The van der Waals surface area contributed by atoms with Crippen molar-refractivity contribution >= 4 is 52.5 Å². The molecule has 5 aliphatic rings. The maximum Gasteiger partial charge on any atom is 0.312 e. The molecule has 8 rings (SSSR count). The molecule has 4 N–H and O–H groups in total. The first-order valence-corrected chi connectivity index (χ1v) is 26.8. The molecule has 5 heterocycles. The molecule has 0 aliphatic carbocycles. The van der Waals surface area contributed by atoms with Gasteiger partial charge >= 0.3 is 11.8 Å². The molecule has 0 aromatic heterocycles. The standard InChI is InChI=1S/C60H76N4O12/c1-32(2)29-64-24-22-60(23-25-64)62-49-46-47-53(70)40(10)56-48(46)57(72)59(11,76-56)74-26-21-33(3)36(6)37(7)38(8)52(69)39(9)55(34(4)13-12-14-35(5)58(73)61-51(54(47)71)50(49)63-60)75-45(68)20-19-44(67)28-42-17-15-41(16-18-42)27-43(30-65)31-66/h12-18,21,26,30-34,36-39,43,52,55,69-71H,19-20,22-25,27-29H2,1-11H3,(H,61,73)/b13-12+,26-21+,35-14-/t33-,34-,36+,37+,38-,39-,52-,55-,59-/m0/s1. The molecule has 0 unspecified atom stereocenters. The Bertz CT molecular complexity index is 2960. The number of carbonyl (C=O) groups excluding carboxylic acids is 6. The van der Waals surface area contributed by atoms with Gasteiger partial charge in [0.15, 0.2) is 11.4 Å². The minimum absolute atomic E-state index is 0.0327. The Balaban J connectivity index is 1.22. The van der Waals surface area contributed by atoms with Crippen LogP contribution in [0, 0.1) is 54.3 Å². The SMILES string of the molecule is C/C1=C/C=C/[C@H](C)[C@H](OC(=O)CCC(=O)Cc2ccc(CC(C=O)C=O)cc2)[C@@H](C)[C@@H](O)[C@@H](C)[C@H](C)[C@H](C)[C@@H](C)/C=C/O[C@@]2(C)Oc3c(C)c(O)c4c(O)c(c5c(c4c3C2=O)=NC2(CCN(CC(C)C)CC2)N=5)NC1=O. The molecule has 0 saturated carbocycles. The van der Waals surface area contributed by atoms with E-state index in [0.717, 1.165) is 17.7 Å². The average Bonchev–Trinajstić information content (AvgIpc) is 3.93. The predicted octanol–water partition coefficient (Wildman–Crippen LogP) is 7.77. The number of anilines is 1. The minimum Gasteiger partial charge on any atom is -0.507 e. The Morgan fingerprint density at radius 2 is 1.50 bits per heavy atom. The number of carbonyl (C=O) groups is 6. The van der Waals surface area contributed by atoms with E-state index in [9.17, 15) is 44.1 Å². The van der Waals surface area contributed by atoms with Crippen LogP contribution in [0.15, 0.2) is 70.4 Å². The average molecular weight is 1050 g/mol. The molecule has 1 spiro atoms. The van der Waals surface area contributed by atoms with E-state index in [0.29, 0.717) is 44.4 Å². The van der Waals surface area contributed by atoms with Gasteiger partial charge in [-0.2, -0.15) is 0 Å². The third-order valence-electron chi connectivity index (χ3n) is 16.4. The van der Waals surface area contributed by atoms with Crippen LogP contribution < -0.4 is 20.8 Å². The Hall–Kier alpha value is -6.52. The number of phenolic OH excluding ortho intramolecular Hbond substituents is 2. The summed E-state index contributed by atoms with van der Waals surface area (Å²) < 4.78 is 18.8. The van der Waals surface area contributed by atoms with E-state index in [4.69, 9.17) is 24.2 Å². The lowest BCUT2D eigenvalue weighted by Crippen LogP contribution is -2.43. The van der Waals surface area contributed by atoms with E-state index >= 15 is 0 Å². The number of aliphatic hydroxyl groups is 1. The first-order valence-electron chi connectivity index (χ1n) is 26.8. The van der Waals surface area contributed by atoms with Crippen molar-refractivity contribution in [2.45, 2.75) is 138 Å². The van der Waals surface area contributed by atoms with Crippen molar-refractivity contribution in [3.8, 4) is 17.2 Å². The van der Waals surface area contributed by atoms with Gasteiger partial charge in [-0.25, -0.2) is 0 Å². The molecule has 0 radical (unpaired) electrons. The number of Topliss-reactive ketones (excluding diaryl/α,β-unsaturated/α-hetero) is 2. The number of likely N-dealkylation sites (tertiary alicyclic amines) is 1. The molecule has 1 fully saturated rings. The van der Waals surface area contributed by atoms with Gasteiger partial charge in [-0.15, -0.1) is 0 Å². The Morgan fingerprint density at radius 1 is 0.855 bits per heavy atom. The molecule has 16 heteroatoms. The number of aromatic hydroxyl groups is 2. The molecular weight excluding hydrogens is 969 g/mol. The number of amides is 1. The van der Waals surface area contributed by atoms with Crippen LogP contribution in [-0.2, 0) is 46.3 Å². The lowest BCUT2D eigenvalue weighted by molar-refractivity contribution is -0.158. The predicted molar refractivity (Wildman–Crippen MR) is 287 cm³/mol. The van der Waals surface area contributed by atoms with Crippen LogP contribution in [0.2, 0.25) is 0 Å². The molecule has 76 heavy (non-hydrogen) atoms. The zero-order chi connectivity index (χ0) is 55.6. The van der Waals surface area contributed by atoms with Crippen molar-refractivity contribution in [1.82, 2.24) is 4.90 Å². The zero-order valence-corrected chi connectivity index (χ0v) is 45.8. The van der Waals surface area contributed by atoms with Gasteiger partial charge in [0.25, 0.3) is 11.7 Å². The van der Waals surface area contributed by atoms with Gasteiger partial charge in [0.2, 0.25) is 0 Å². The molecule has 5 aliphatic heterocycles. The lowest BCUT2D eigenvalue weighted by atomic mass is 9.72. The summed E-state index contributed by atoms with van der Waals surface area (Å²) in [6, 6.07) is 7.06. The van der Waals surface area contributed by atoms with Crippen molar-refractivity contribution in [1.29, 1.82) is 0 Å². The quantitative estimate of drug-likeness (QED) is 0.0589. The van der Waals surface area contributed by atoms with Crippen LogP contribution in [0.3, 0.4) is 0 Å². The second-order valence-electron chi connectivity index (χ2n) is 22.5. The number of benzene rings is 3. The second-order valence-corrected chi connectivity index (χ2v) is 22.5. The number of allylic oxidation sites excluding steroid dienone is 3. The number of aldehydes is 2. The molecule has 408 valence electrons. The largest absolute Gasteiger partial charge is 0.507 e. The monoisotopic (exact) mass is 1040 g/mol. The van der Waals surface area contributed by atoms with Gasteiger partial charge in [0.1, 0.15) is 47.0 Å². The molecule has 9 atom stereocenters. The Kier molecular flexibility index (Phi) is 17.6. The van der Waals surface area contributed by atoms with Crippen LogP contribution in [0.5, 0.6) is 17.2 Å². The van der Waals surface area contributed by atoms with Crippen LogP contribution in [0.1, 0.15) is 122 Å². The highest BCUT2D eigenvalue weighted by molar-refractivity contribution is 6.19. The summed E-state index contributed by atoms with van der Waals surface area (Å²) in [6.07, 6.45) is 8.83. The minimum atomic E-state index is -1.88. The fourth-order valence-electron chi connectivity index (χ4n) is 11.1. The number of phenols is 2. The van der Waals surface area contributed by atoms with Crippen molar-refractivity contribution in [3.63, 3.8) is 0 Å². The van der Waals surface area contributed by atoms with Gasteiger partial charge in [0.05, 0.1) is 41.0 Å². The number of rotatable bonds is 12. The summed E-state index contributed by atoms with van der Waals surface area (Å²) in [4.78, 5) is 90.9. The molecule has 1 saturated heterocycles. The maximum atomic E-state index is 14.8. The molecule has 5 bridgehead atoms. The number of aliphatic hydroxyl groups excluding tert-OH is 1. The molecule has 3 aromatic rings. The number of ether oxygens (including phenoxy) is 3. The highest BCUT2D eigenvalue weighted by atomic mass is 16.7. The Morgan fingerprint density at radius 3 is 2.14 bits per heavy atom. The fourth-order valence-corrected chi connectivity index (χ4v) is 11.1. The van der Waals surface area contributed by atoms with Crippen molar-refractivity contribution in [2.75, 3.05) is 25.0 Å². The van der Waals surface area contributed by atoms with Crippen molar-refractivity contribution in [2.24, 2.45) is 57.3 Å². The summed E-state index contributed by atoms with van der Waals surface area (Å²) in [7, 11) is 0. The van der Waals surface area contributed by atoms with Crippen LogP contribution in [0.4, 0.5) is 5.69 Å². The van der Waals surface area contributed by atoms with Crippen LogP contribution >= 0.6 is 0 Å². The van der Waals surface area contributed by atoms with E-state index in [1.807, 2.05) is 40.7 Å². The van der Waals surface area contributed by atoms with Gasteiger partial charge < -0.3 is 49.3 Å². The third-order valence-corrected chi connectivity index (χ3v) is 16.4. The van der Waals surface area contributed by atoms with E-state index in [-0.39, 0.29) is 111 Å². The van der Waals surface area contributed by atoms with Crippen LogP contribution in [0.25, 0.3) is 10.8 Å². The maximum absolute atomic E-state index is 14.8. The number of nitrogens with one attached hydrogen (secondary N) is 1. The van der Waals surface area contributed by atoms with E-state index in [2.05, 4.69) is 31.0 Å².